The van der Waals surface area contributed by atoms with Crippen molar-refractivity contribution >= 4 is 0 Å². The van der Waals surface area contributed by atoms with Crippen LogP contribution in [0, 0.1) is 0 Å². The van der Waals surface area contributed by atoms with Crippen LogP contribution in [-0.4, -0.2) is 25.4 Å². The molecule has 2 heteroatoms. The van der Waals surface area contributed by atoms with Gasteiger partial charge in [0.1, 0.15) is 0 Å². The highest BCUT2D eigenvalue weighted by Crippen LogP contribution is 2.19. The fourth-order valence-corrected chi connectivity index (χ4v) is 2.98. The van der Waals surface area contributed by atoms with Crippen LogP contribution < -0.4 is 0 Å². The number of unbranched alkanes of at least 4 members (excludes halogenated alkanes) is 11. The predicted octanol–water partition coefficient (Wildman–Crippen LogP) is 5.25. The van der Waals surface area contributed by atoms with Crippen LogP contribution in [0.4, 0.5) is 0 Å². The molecule has 2 saturated heterocycles. The second-order valence-corrected chi connectivity index (χ2v) is 6.73. The molecule has 20 heavy (non-hydrogen) atoms. The molecule has 0 aromatic carbocycles. The zero-order valence-electron chi connectivity index (χ0n) is 13.3. The highest BCUT2D eigenvalue weighted by molar-refractivity contribution is 4.68. The van der Waals surface area contributed by atoms with Crippen molar-refractivity contribution in [3.05, 3.63) is 0 Å². The Balaban J connectivity index is 1.17. The molecule has 0 spiro atoms. The van der Waals surface area contributed by atoms with E-state index in [4.69, 9.17) is 9.47 Å². The summed E-state index contributed by atoms with van der Waals surface area (Å²) in [7, 11) is 0. The van der Waals surface area contributed by atoms with E-state index in [0.29, 0.717) is 12.2 Å². The van der Waals surface area contributed by atoms with Crippen molar-refractivity contribution in [2.45, 2.75) is 102 Å². The molecule has 0 radical (unpaired) electrons. The van der Waals surface area contributed by atoms with Crippen LogP contribution in [-0.2, 0) is 9.47 Å². The fourth-order valence-electron chi connectivity index (χ4n) is 2.98. The van der Waals surface area contributed by atoms with Crippen molar-refractivity contribution in [2.24, 2.45) is 0 Å². The van der Waals surface area contributed by atoms with E-state index < -0.39 is 0 Å². The Hall–Kier alpha value is -0.0800. The lowest BCUT2D eigenvalue weighted by Crippen LogP contribution is -1.87. The summed E-state index contributed by atoms with van der Waals surface area (Å²) in [6.07, 6.45) is 21.1. The lowest BCUT2D eigenvalue weighted by atomic mass is 10.0. The average Bonchev–Trinajstić information content (AvgIpc) is 3.34. The van der Waals surface area contributed by atoms with Crippen molar-refractivity contribution in [3.8, 4) is 0 Å². The van der Waals surface area contributed by atoms with E-state index in [0.717, 1.165) is 13.2 Å². The summed E-state index contributed by atoms with van der Waals surface area (Å²) in [5.41, 5.74) is 0. The Bertz CT molecular complexity index is 197. The van der Waals surface area contributed by atoms with E-state index in [1.807, 2.05) is 0 Å². The SMILES string of the molecule is C(CCCCCCC[C@@H]1CO1)CCCCCC[C@@H]1CO1. The van der Waals surface area contributed by atoms with Gasteiger partial charge in [0.05, 0.1) is 25.4 Å². The first-order valence-corrected chi connectivity index (χ1v) is 9.18. The first-order valence-electron chi connectivity index (χ1n) is 9.18. The van der Waals surface area contributed by atoms with Gasteiger partial charge in [-0.15, -0.1) is 0 Å². The van der Waals surface area contributed by atoms with E-state index in [1.54, 1.807) is 0 Å². The monoisotopic (exact) mass is 282 g/mol. The molecule has 0 saturated carbocycles. The summed E-state index contributed by atoms with van der Waals surface area (Å²) in [5.74, 6) is 0. The zero-order valence-corrected chi connectivity index (χ0v) is 13.3. The van der Waals surface area contributed by atoms with Crippen LogP contribution in [0.3, 0.4) is 0 Å². The van der Waals surface area contributed by atoms with Gasteiger partial charge in [-0.05, 0) is 12.8 Å². The van der Waals surface area contributed by atoms with Gasteiger partial charge >= 0.3 is 0 Å². The number of hydrogen-bond acceptors (Lipinski definition) is 2. The van der Waals surface area contributed by atoms with Gasteiger partial charge in [0.25, 0.3) is 0 Å². The molecule has 118 valence electrons. The smallest absolute Gasteiger partial charge is 0.0810 e. The van der Waals surface area contributed by atoms with E-state index in [-0.39, 0.29) is 0 Å². The number of ether oxygens (including phenoxy) is 2. The third-order valence-corrected chi connectivity index (χ3v) is 4.61. The van der Waals surface area contributed by atoms with Crippen LogP contribution in [0.2, 0.25) is 0 Å². The van der Waals surface area contributed by atoms with Gasteiger partial charge in [0, 0.05) is 0 Å². The van der Waals surface area contributed by atoms with Crippen LogP contribution in [0.5, 0.6) is 0 Å². The summed E-state index contributed by atoms with van der Waals surface area (Å²) in [6.45, 7) is 2.07. The molecule has 2 nitrogen and oxygen atoms in total. The molecule has 0 aromatic rings. The number of hydrogen-bond donors (Lipinski definition) is 0. The second kappa shape index (κ2) is 10.6. The van der Waals surface area contributed by atoms with Gasteiger partial charge in [-0.3, -0.25) is 0 Å². The molecule has 2 atom stereocenters. The van der Waals surface area contributed by atoms with Gasteiger partial charge in [0.15, 0.2) is 0 Å². The Morgan fingerprint density at radius 3 is 0.950 bits per heavy atom. The Morgan fingerprint density at radius 1 is 0.450 bits per heavy atom. The average molecular weight is 282 g/mol. The molecule has 2 fully saturated rings. The fraction of sp³-hybridized carbons (Fsp3) is 1.00. The Kier molecular flexibility index (Phi) is 8.65. The molecule has 2 heterocycles. The molecule has 2 aliphatic heterocycles. The highest BCUT2D eigenvalue weighted by atomic mass is 16.6. The van der Waals surface area contributed by atoms with Crippen LogP contribution >= 0.6 is 0 Å². The van der Waals surface area contributed by atoms with E-state index >= 15 is 0 Å². The molecule has 0 aliphatic carbocycles. The largest absolute Gasteiger partial charge is 0.373 e. The van der Waals surface area contributed by atoms with Gasteiger partial charge < -0.3 is 9.47 Å². The zero-order chi connectivity index (χ0) is 13.9. The van der Waals surface area contributed by atoms with Gasteiger partial charge in [-0.2, -0.15) is 0 Å². The van der Waals surface area contributed by atoms with Crippen molar-refractivity contribution in [3.63, 3.8) is 0 Å². The van der Waals surface area contributed by atoms with Gasteiger partial charge in [-0.1, -0.05) is 77.0 Å². The van der Waals surface area contributed by atoms with Gasteiger partial charge in [0.2, 0.25) is 0 Å². The standard InChI is InChI=1S/C18H34O2/c1(3-5-7-9-11-13-17-15-19-17)2-4-6-8-10-12-14-18-16-20-18/h17-18H,1-16H2/t17-,18-/m1/s1. The molecular weight excluding hydrogens is 248 g/mol. The first-order chi connectivity index (χ1) is 9.95. The third kappa shape index (κ3) is 9.77. The minimum absolute atomic E-state index is 0.645. The van der Waals surface area contributed by atoms with Gasteiger partial charge in [-0.25, -0.2) is 0 Å². The Labute approximate surface area is 125 Å². The topological polar surface area (TPSA) is 25.1 Å². The molecule has 0 unspecified atom stereocenters. The van der Waals surface area contributed by atoms with E-state index in [1.165, 1.54) is 89.9 Å². The van der Waals surface area contributed by atoms with Crippen molar-refractivity contribution in [1.29, 1.82) is 0 Å². The van der Waals surface area contributed by atoms with Crippen molar-refractivity contribution in [1.82, 2.24) is 0 Å². The predicted molar refractivity (Wildman–Crippen MR) is 84.1 cm³/mol. The molecule has 0 N–H and O–H groups in total. The van der Waals surface area contributed by atoms with Crippen LogP contribution in [0.25, 0.3) is 0 Å². The van der Waals surface area contributed by atoms with Crippen LogP contribution in [0.1, 0.15) is 89.9 Å². The number of epoxide rings is 2. The summed E-state index contributed by atoms with van der Waals surface area (Å²) in [6, 6.07) is 0. The van der Waals surface area contributed by atoms with E-state index in [2.05, 4.69) is 0 Å². The highest BCUT2D eigenvalue weighted by Gasteiger charge is 2.21. The van der Waals surface area contributed by atoms with Crippen molar-refractivity contribution < 1.29 is 9.47 Å². The maximum atomic E-state index is 5.22. The molecular formula is C18H34O2. The summed E-state index contributed by atoms with van der Waals surface area (Å²) < 4.78 is 10.4. The molecule has 0 bridgehead atoms. The normalized spacial score (nSPS) is 24.0. The minimum Gasteiger partial charge on any atom is -0.373 e. The maximum absolute atomic E-state index is 5.22. The number of rotatable bonds is 15. The summed E-state index contributed by atoms with van der Waals surface area (Å²) in [4.78, 5) is 0. The molecule has 0 aromatic heterocycles. The lowest BCUT2D eigenvalue weighted by Gasteiger charge is -2.03. The molecule has 0 amide bonds. The van der Waals surface area contributed by atoms with Crippen molar-refractivity contribution in [2.75, 3.05) is 13.2 Å². The second-order valence-electron chi connectivity index (χ2n) is 6.73. The lowest BCUT2D eigenvalue weighted by molar-refractivity contribution is 0.386. The van der Waals surface area contributed by atoms with Crippen LogP contribution in [0.15, 0.2) is 0 Å². The van der Waals surface area contributed by atoms with E-state index in [9.17, 15) is 0 Å². The Morgan fingerprint density at radius 2 is 0.700 bits per heavy atom. The first kappa shape index (κ1) is 16.3. The minimum atomic E-state index is 0.645. The maximum Gasteiger partial charge on any atom is 0.0810 e. The summed E-state index contributed by atoms with van der Waals surface area (Å²) in [5, 5.41) is 0. The quantitative estimate of drug-likeness (QED) is 0.303. The summed E-state index contributed by atoms with van der Waals surface area (Å²) >= 11 is 0. The molecule has 2 rings (SSSR count). The molecule has 2 aliphatic rings. The third-order valence-electron chi connectivity index (χ3n) is 4.61.